The number of rotatable bonds is 6. The standard InChI is InChI=1S/C12H20ClN3O/c1-5-6-17-11-7-10(14-8-15-11)16-12(3,4)9(2)13/h7-9H,5-6H2,1-4H3,(H,14,15,16). The van der Waals surface area contributed by atoms with Crippen molar-refractivity contribution in [2.45, 2.75) is 45.0 Å². The van der Waals surface area contributed by atoms with Gasteiger partial charge in [-0.15, -0.1) is 11.6 Å². The average Bonchev–Trinajstić information content (AvgIpc) is 2.26. The van der Waals surface area contributed by atoms with Gasteiger partial charge >= 0.3 is 0 Å². The Morgan fingerprint density at radius 3 is 2.76 bits per heavy atom. The molecule has 0 aliphatic rings. The summed E-state index contributed by atoms with van der Waals surface area (Å²) in [6, 6.07) is 1.79. The van der Waals surface area contributed by atoms with E-state index in [-0.39, 0.29) is 10.9 Å². The number of hydrogen-bond acceptors (Lipinski definition) is 4. The van der Waals surface area contributed by atoms with E-state index in [0.29, 0.717) is 12.5 Å². The smallest absolute Gasteiger partial charge is 0.218 e. The SMILES string of the molecule is CCCOc1cc(NC(C)(C)C(C)Cl)ncn1. The Balaban J connectivity index is 2.71. The molecule has 0 aliphatic heterocycles. The van der Waals surface area contributed by atoms with E-state index in [9.17, 15) is 0 Å². The molecule has 4 nitrogen and oxygen atoms in total. The van der Waals surface area contributed by atoms with Crippen molar-refractivity contribution in [2.75, 3.05) is 11.9 Å². The maximum Gasteiger partial charge on any atom is 0.218 e. The molecule has 1 N–H and O–H groups in total. The Hall–Kier alpha value is -1.03. The summed E-state index contributed by atoms with van der Waals surface area (Å²) in [4.78, 5) is 8.20. The molecule has 96 valence electrons. The van der Waals surface area contributed by atoms with Gasteiger partial charge in [-0.25, -0.2) is 9.97 Å². The average molecular weight is 258 g/mol. The van der Waals surface area contributed by atoms with Crippen molar-refractivity contribution in [2.24, 2.45) is 0 Å². The van der Waals surface area contributed by atoms with E-state index in [2.05, 4.69) is 22.2 Å². The topological polar surface area (TPSA) is 47.0 Å². The molecule has 0 fully saturated rings. The first-order valence-electron chi connectivity index (χ1n) is 5.83. The van der Waals surface area contributed by atoms with E-state index >= 15 is 0 Å². The van der Waals surface area contributed by atoms with Crippen LogP contribution in [0.1, 0.15) is 34.1 Å². The third-order valence-electron chi connectivity index (χ3n) is 2.54. The molecule has 1 aromatic rings. The van der Waals surface area contributed by atoms with Crippen molar-refractivity contribution in [3.05, 3.63) is 12.4 Å². The van der Waals surface area contributed by atoms with E-state index in [0.717, 1.165) is 12.2 Å². The number of nitrogens with zero attached hydrogens (tertiary/aromatic N) is 2. The number of alkyl halides is 1. The van der Waals surface area contributed by atoms with E-state index in [4.69, 9.17) is 16.3 Å². The zero-order valence-electron chi connectivity index (χ0n) is 10.8. The predicted molar refractivity (Wildman–Crippen MR) is 70.8 cm³/mol. The van der Waals surface area contributed by atoms with Crippen LogP contribution in [0, 0.1) is 0 Å². The highest BCUT2D eigenvalue weighted by Gasteiger charge is 2.24. The van der Waals surface area contributed by atoms with Crippen LogP contribution in [-0.4, -0.2) is 27.5 Å². The third-order valence-corrected chi connectivity index (χ3v) is 3.09. The number of halogens is 1. The van der Waals surface area contributed by atoms with E-state index in [1.165, 1.54) is 6.33 Å². The van der Waals surface area contributed by atoms with Crippen LogP contribution in [0.25, 0.3) is 0 Å². The number of ether oxygens (including phenoxy) is 1. The second-order valence-corrected chi connectivity index (χ2v) is 5.21. The molecule has 1 unspecified atom stereocenters. The monoisotopic (exact) mass is 257 g/mol. The number of hydrogen-bond donors (Lipinski definition) is 1. The quantitative estimate of drug-likeness (QED) is 0.796. The molecule has 0 radical (unpaired) electrons. The van der Waals surface area contributed by atoms with Crippen LogP contribution in [0.5, 0.6) is 5.88 Å². The van der Waals surface area contributed by atoms with Gasteiger partial charge in [0, 0.05) is 11.6 Å². The van der Waals surface area contributed by atoms with Crippen LogP contribution < -0.4 is 10.1 Å². The van der Waals surface area contributed by atoms with Crippen LogP contribution in [0.15, 0.2) is 12.4 Å². The lowest BCUT2D eigenvalue weighted by Crippen LogP contribution is -2.39. The fraction of sp³-hybridized carbons (Fsp3) is 0.667. The van der Waals surface area contributed by atoms with Gasteiger partial charge < -0.3 is 10.1 Å². The van der Waals surface area contributed by atoms with Crippen molar-refractivity contribution in [1.82, 2.24) is 9.97 Å². The lowest BCUT2D eigenvalue weighted by atomic mass is 10.0. The van der Waals surface area contributed by atoms with Crippen LogP contribution in [0.3, 0.4) is 0 Å². The van der Waals surface area contributed by atoms with Gasteiger partial charge in [-0.3, -0.25) is 0 Å². The molecule has 0 saturated heterocycles. The Bertz CT molecular complexity index is 355. The first-order valence-corrected chi connectivity index (χ1v) is 6.26. The number of anilines is 1. The van der Waals surface area contributed by atoms with Crippen LogP contribution in [0.4, 0.5) is 5.82 Å². The highest BCUT2D eigenvalue weighted by atomic mass is 35.5. The molecule has 0 aliphatic carbocycles. The minimum absolute atomic E-state index is 0.0162. The second kappa shape index (κ2) is 6.05. The highest BCUT2D eigenvalue weighted by Crippen LogP contribution is 2.21. The Labute approximate surface area is 108 Å². The molecule has 0 aromatic carbocycles. The van der Waals surface area contributed by atoms with Gasteiger partial charge in [0.05, 0.1) is 12.0 Å². The molecule has 1 heterocycles. The van der Waals surface area contributed by atoms with Gasteiger partial charge in [0.25, 0.3) is 0 Å². The fourth-order valence-electron chi connectivity index (χ4n) is 1.12. The summed E-state index contributed by atoms with van der Waals surface area (Å²) < 4.78 is 5.45. The predicted octanol–water partition coefficient (Wildman–Crippen LogP) is 3.08. The molecule has 0 amide bonds. The Morgan fingerprint density at radius 1 is 1.47 bits per heavy atom. The first-order chi connectivity index (χ1) is 7.95. The van der Waals surface area contributed by atoms with Crippen molar-refractivity contribution in [3.8, 4) is 5.88 Å². The van der Waals surface area contributed by atoms with Crippen LogP contribution in [0.2, 0.25) is 0 Å². The molecule has 1 atom stereocenters. The number of nitrogens with one attached hydrogen (secondary N) is 1. The fourth-order valence-corrected chi connectivity index (χ4v) is 1.18. The molecule has 17 heavy (non-hydrogen) atoms. The van der Waals surface area contributed by atoms with Crippen LogP contribution >= 0.6 is 11.6 Å². The summed E-state index contributed by atoms with van der Waals surface area (Å²) in [6.45, 7) is 8.72. The largest absolute Gasteiger partial charge is 0.478 e. The Morgan fingerprint density at radius 2 is 2.18 bits per heavy atom. The van der Waals surface area contributed by atoms with Gasteiger partial charge in [0.15, 0.2) is 0 Å². The summed E-state index contributed by atoms with van der Waals surface area (Å²) in [5, 5.41) is 3.26. The van der Waals surface area contributed by atoms with Crippen LogP contribution in [-0.2, 0) is 0 Å². The first kappa shape index (κ1) is 14.0. The maximum absolute atomic E-state index is 6.11. The minimum atomic E-state index is -0.238. The molecule has 0 spiro atoms. The molecule has 0 saturated carbocycles. The maximum atomic E-state index is 6.11. The summed E-state index contributed by atoms with van der Waals surface area (Å²) in [7, 11) is 0. The summed E-state index contributed by atoms with van der Waals surface area (Å²) in [5.74, 6) is 1.31. The van der Waals surface area contributed by atoms with E-state index < -0.39 is 0 Å². The van der Waals surface area contributed by atoms with Gasteiger partial charge in [-0.1, -0.05) is 6.92 Å². The summed E-state index contributed by atoms with van der Waals surface area (Å²) in [6.07, 6.45) is 2.44. The van der Waals surface area contributed by atoms with E-state index in [1.54, 1.807) is 6.07 Å². The molecular weight excluding hydrogens is 238 g/mol. The molecule has 1 aromatic heterocycles. The summed E-state index contributed by atoms with van der Waals surface area (Å²) >= 11 is 6.11. The van der Waals surface area contributed by atoms with Gasteiger partial charge in [-0.05, 0) is 27.2 Å². The summed E-state index contributed by atoms with van der Waals surface area (Å²) in [5.41, 5.74) is -0.238. The van der Waals surface area contributed by atoms with Gasteiger partial charge in [0.2, 0.25) is 5.88 Å². The third kappa shape index (κ3) is 4.38. The normalized spacial score (nSPS) is 13.2. The van der Waals surface area contributed by atoms with Gasteiger partial charge in [-0.2, -0.15) is 0 Å². The van der Waals surface area contributed by atoms with Crippen molar-refractivity contribution < 1.29 is 4.74 Å². The number of aromatic nitrogens is 2. The van der Waals surface area contributed by atoms with Gasteiger partial charge in [0.1, 0.15) is 12.1 Å². The second-order valence-electron chi connectivity index (χ2n) is 4.55. The van der Waals surface area contributed by atoms with Crippen molar-refractivity contribution >= 4 is 17.4 Å². The highest BCUT2D eigenvalue weighted by molar-refractivity contribution is 6.21. The molecule has 5 heteroatoms. The van der Waals surface area contributed by atoms with Crippen molar-refractivity contribution in [3.63, 3.8) is 0 Å². The minimum Gasteiger partial charge on any atom is -0.478 e. The lowest BCUT2D eigenvalue weighted by molar-refractivity contribution is 0.305. The molecule has 0 bridgehead atoms. The van der Waals surface area contributed by atoms with E-state index in [1.807, 2.05) is 20.8 Å². The van der Waals surface area contributed by atoms with Crippen molar-refractivity contribution in [1.29, 1.82) is 0 Å². The lowest BCUT2D eigenvalue weighted by Gasteiger charge is -2.29. The molecule has 1 rings (SSSR count). The zero-order chi connectivity index (χ0) is 12.9. The molecular formula is C12H20ClN3O. The zero-order valence-corrected chi connectivity index (χ0v) is 11.6. The Kier molecular flexibility index (Phi) is 5.00.